The predicted octanol–water partition coefficient (Wildman–Crippen LogP) is 3.81. The molecule has 4 bridgehead atoms. The van der Waals surface area contributed by atoms with Gasteiger partial charge in [-0.25, -0.2) is 4.98 Å². The van der Waals surface area contributed by atoms with Crippen molar-refractivity contribution in [3.05, 3.63) is 27.6 Å². The number of carbonyl (C=O) groups excluding carboxylic acids is 1. The summed E-state index contributed by atoms with van der Waals surface area (Å²) in [6.45, 7) is 2.28. The monoisotopic (exact) mass is 356 g/mol. The van der Waals surface area contributed by atoms with Gasteiger partial charge in [0, 0.05) is 10.3 Å². The standard InChI is InChI=1S/C20H24N2O2S/c1-2-15-6-16-18(25-15)21-11-22(19(16)24)10-17(23)20-7-12-3-13(8-20)5-14(4-12)9-20/h6,11-14H,2-5,7-10H2,1H3. The second-order valence-electron chi connectivity index (χ2n) is 8.58. The molecule has 4 nitrogen and oxygen atoms in total. The Bertz CT molecular complexity index is 875. The maximum atomic E-state index is 13.2. The molecule has 5 heteroatoms. The Morgan fingerprint density at radius 1 is 1.24 bits per heavy atom. The number of Topliss-reactive ketones (excluding diaryl/α,β-unsaturated/α-hetero) is 1. The highest BCUT2D eigenvalue weighted by atomic mass is 32.1. The van der Waals surface area contributed by atoms with Gasteiger partial charge in [-0.3, -0.25) is 14.2 Å². The lowest BCUT2D eigenvalue weighted by molar-refractivity contribution is -0.144. The molecule has 0 aromatic carbocycles. The van der Waals surface area contributed by atoms with E-state index >= 15 is 0 Å². The van der Waals surface area contributed by atoms with Crippen LogP contribution in [-0.4, -0.2) is 15.3 Å². The summed E-state index contributed by atoms with van der Waals surface area (Å²) < 4.78 is 1.55. The molecule has 0 radical (unpaired) electrons. The minimum absolute atomic E-state index is 0.0565. The number of aromatic nitrogens is 2. The van der Waals surface area contributed by atoms with Crippen molar-refractivity contribution in [3.63, 3.8) is 0 Å². The molecular formula is C20H24N2O2S. The van der Waals surface area contributed by atoms with E-state index in [0.717, 1.165) is 48.3 Å². The van der Waals surface area contributed by atoms with E-state index in [9.17, 15) is 9.59 Å². The zero-order chi connectivity index (χ0) is 17.2. The van der Waals surface area contributed by atoms with Crippen molar-refractivity contribution in [1.29, 1.82) is 0 Å². The second-order valence-corrected chi connectivity index (χ2v) is 9.70. The maximum Gasteiger partial charge on any atom is 0.262 e. The van der Waals surface area contributed by atoms with Gasteiger partial charge in [0.05, 0.1) is 18.3 Å². The van der Waals surface area contributed by atoms with Crippen molar-refractivity contribution < 1.29 is 4.79 Å². The minimum Gasteiger partial charge on any atom is -0.297 e. The average Bonchev–Trinajstić information content (AvgIpc) is 3.00. The molecule has 4 aliphatic rings. The first-order valence-electron chi connectivity index (χ1n) is 9.57. The van der Waals surface area contributed by atoms with Gasteiger partial charge in [-0.05, 0) is 68.8 Å². The molecule has 2 aromatic rings. The molecule has 0 aliphatic heterocycles. The molecule has 0 atom stereocenters. The second kappa shape index (κ2) is 5.50. The summed E-state index contributed by atoms with van der Waals surface area (Å²) in [7, 11) is 0. The van der Waals surface area contributed by atoms with Crippen LogP contribution in [0.25, 0.3) is 10.2 Å². The summed E-state index contributed by atoms with van der Waals surface area (Å²) in [5.41, 5.74) is -0.203. The smallest absolute Gasteiger partial charge is 0.262 e. The van der Waals surface area contributed by atoms with E-state index in [2.05, 4.69) is 11.9 Å². The number of ketones is 1. The van der Waals surface area contributed by atoms with Gasteiger partial charge in [-0.2, -0.15) is 0 Å². The summed E-state index contributed by atoms with van der Waals surface area (Å²) >= 11 is 1.58. The number of fused-ring (bicyclic) bond motifs is 1. The molecular weight excluding hydrogens is 332 g/mol. The molecule has 2 heterocycles. The van der Waals surface area contributed by atoms with Gasteiger partial charge in [0.15, 0.2) is 5.78 Å². The van der Waals surface area contributed by atoms with Crippen LogP contribution in [0, 0.1) is 23.2 Å². The SMILES string of the molecule is CCc1cc2c(=O)n(CC(=O)C34CC5CC(CC(C5)C3)C4)cnc2s1. The van der Waals surface area contributed by atoms with Crippen LogP contribution in [0.1, 0.15) is 50.3 Å². The number of thiophene rings is 1. The topological polar surface area (TPSA) is 52.0 Å². The van der Waals surface area contributed by atoms with Gasteiger partial charge < -0.3 is 0 Å². The third-order valence-corrected chi connectivity index (χ3v) is 8.05. The Morgan fingerprint density at radius 3 is 2.48 bits per heavy atom. The van der Waals surface area contributed by atoms with E-state index in [1.54, 1.807) is 22.2 Å². The highest BCUT2D eigenvalue weighted by molar-refractivity contribution is 7.18. The van der Waals surface area contributed by atoms with Crippen molar-refractivity contribution in [1.82, 2.24) is 9.55 Å². The van der Waals surface area contributed by atoms with Gasteiger partial charge in [0.25, 0.3) is 5.56 Å². The highest BCUT2D eigenvalue weighted by Gasteiger charge is 2.54. The number of rotatable bonds is 4. The summed E-state index contributed by atoms with van der Waals surface area (Å²) in [6.07, 6.45) is 9.64. The molecule has 6 rings (SSSR count). The van der Waals surface area contributed by atoms with Gasteiger partial charge in [0.2, 0.25) is 0 Å². The number of nitrogens with zero attached hydrogens (tertiary/aromatic N) is 2. The first-order chi connectivity index (χ1) is 12.1. The van der Waals surface area contributed by atoms with Crippen LogP contribution in [0.5, 0.6) is 0 Å². The first-order valence-corrected chi connectivity index (χ1v) is 10.4. The largest absolute Gasteiger partial charge is 0.297 e. The zero-order valence-electron chi connectivity index (χ0n) is 14.7. The summed E-state index contributed by atoms with van der Waals surface area (Å²) in [4.78, 5) is 32.4. The Hall–Kier alpha value is -1.49. The lowest BCUT2D eigenvalue weighted by Gasteiger charge is -2.56. The predicted molar refractivity (Wildman–Crippen MR) is 98.9 cm³/mol. The van der Waals surface area contributed by atoms with E-state index < -0.39 is 0 Å². The van der Waals surface area contributed by atoms with Crippen molar-refractivity contribution in [2.75, 3.05) is 0 Å². The fourth-order valence-electron chi connectivity index (χ4n) is 6.07. The van der Waals surface area contributed by atoms with Crippen LogP contribution in [0.4, 0.5) is 0 Å². The van der Waals surface area contributed by atoms with Crippen molar-refractivity contribution in [2.24, 2.45) is 23.2 Å². The van der Waals surface area contributed by atoms with Gasteiger partial charge in [-0.1, -0.05) is 6.92 Å². The number of hydrogen-bond donors (Lipinski definition) is 0. The quantitative estimate of drug-likeness (QED) is 0.837. The van der Waals surface area contributed by atoms with Crippen LogP contribution in [0.3, 0.4) is 0 Å². The molecule has 0 amide bonds. The molecule has 132 valence electrons. The molecule has 4 saturated carbocycles. The molecule has 4 aliphatic carbocycles. The summed E-state index contributed by atoms with van der Waals surface area (Å²) in [6, 6.07) is 1.95. The van der Waals surface area contributed by atoms with Gasteiger partial charge in [0.1, 0.15) is 4.83 Å². The number of hydrogen-bond acceptors (Lipinski definition) is 4. The molecule has 2 aromatic heterocycles. The lowest BCUT2D eigenvalue weighted by atomic mass is 9.48. The number of aryl methyl sites for hydroxylation is 1. The van der Waals surface area contributed by atoms with Crippen LogP contribution in [-0.2, 0) is 17.8 Å². The molecule has 25 heavy (non-hydrogen) atoms. The number of carbonyl (C=O) groups is 1. The van der Waals surface area contributed by atoms with E-state index in [1.807, 2.05) is 6.07 Å². The average molecular weight is 356 g/mol. The summed E-state index contributed by atoms with van der Waals surface area (Å²) in [5.74, 6) is 2.52. The molecule has 4 fully saturated rings. The fourth-order valence-corrected chi connectivity index (χ4v) is 7.00. The van der Waals surface area contributed by atoms with Crippen molar-refractivity contribution in [3.8, 4) is 0 Å². The Kier molecular flexibility index (Phi) is 3.46. The van der Waals surface area contributed by atoms with E-state index in [-0.39, 0.29) is 23.3 Å². The molecule has 0 spiro atoms. The summed E-state index contributed by atoms with van der Waals surface area (Å²) in [5, 5.41) is 0.669. The van der Waals surface area contributed by atoms with Crippen LogP contribution in [0.2, 0.25) is 0 Å². The first kappa shape index (κ1) is 15.7. The lowest BCUT2D eigenvalue weighted by Crippen LogP contribution is -2.51. The van der Waals surface area contributed by atoms with Crippen molar-refractivity contribution >= 4 is 27.3 Å². The maximum absolute atomic E-state index is 13.2. The fraction of sp³-hybridized carbons (Fsp3) is 0.650. The molecule has 0 saturated heterocycles. The van der Waals surface area contributed by atoms with Crippen LogP contribution in [0.15, 0.2) is 17.2 Å². The zero-order valence-corrected chi connectivity index (χ0v) is 15.5. The Morgan fingerprint density at radius 2 is 1.88 bits per heavy atom. The highest BCUT2D eigenvalue weighted by Crippen LogP contribution is 2.60. The Balaban J connectivity index is 1.45. The van der Waals surface area contributed by atoms with E-state index in [4.69, 9.17) is 0 Å². The van der Waals surface area contributed by atoms with Crippen LogP contribution >= 0.6 is 11.3 Å². The third kappa shape index (κ3) is 2.42. The minimum atomic E-state index is -0.146. The third-order valence-electron chi connectivity index (χ3n) is 6.86. The Labute approximate surface area is 151 Å². The van der Waals surface area contributed by atoms with Gasteiger partial charge in [-0.15, -0.1) is 11.3 Å². The molecule has 0 N–H and O–H groups in total. The van der Waals surface area contributed by atoms with E-state index in [1.165, 1.54) is 24.1 Å². The van der Waals surface area contributed by atoms with E-state index in [0.29, 0.717) is 5.39 Å². The van der Waals surface area contributed by atoms with Gasteiger partial charge >= 0.3 is 0 Å². The molecule has 0 unspecified atom stereocenters. The normalized spacial score (nSPS) is 33.2. The van der Waals surface area contributed by atoms with Crippen LogP contribution < -0.4 is 5.56 Å². The van der Waals surface area contributed by atoms with Crippen molar-refractivity contribution in [2.45, 2.75) is 58.4 Å².